The topological polar surface area (TPSA) is 67.4 Å². The van der Waals surface area contributed by atoms with Crippen LogP contribution < -0.4 is 15.4 Å². The number of amides is 2. The van der Waals surface area contributed by atoms with E-state index in [9.17, 15) is 9.59 Å². The number of nitrogens with one attached hydrogen (secondary N) is 2. The molecule has 148 valence electrons. The largest absolute Gasteiger partial charge is 0.490 e. The third-order valence-electron chi connectivity index (χ3n) is 5.00. The first-order valence-electron chi connectivity index (χ1n) is 9.96. The van der Waals surface area contributed by atoms with Crippen LogP contribution in [0.25, 0.3) is 0 Å². The van der Waals surface area contributed by atoms with Crippen LogP contribution in [-0.2, 0) is 4.79 Å². The summed E-state index contributed by atoms with van der Waals surface area (Å²) in [6.45, 7) is 3.82. The second kappa shape index (κ2) is 9.40. The fourth-order valence-electron chi connectivity index (χ4n) is 3.38. The van der Waals surface area contributed by atoms with Gasteiger partial charge < -0.3 is 15.4 Å². The summed E-state index contributed by atoms with van der Waals surface area (Å²) in [7, 11) is 0. The first kappa shape index (κ1) is 19.9. The van der Waals surface area contributed by atoms with E-state index in [1.165, 1.54) is 12.8 Å². The number of carbonyl (C=O) groups is 2. The van der Waals surface area contributed by atoms with Gasteiger partial charge in [-0.05, 0) is 68.0 Å². The first-order chi connectivity index (χ1) is 13.5. The van der Waals surface area contributed by atoms with Gasteiger partial charge in [-0.15, -0.1) is 0 Å². The predicted molar refractivity (Wildman–Crippen MR) is 110 cm³/mol. The molecule has 5 nitrogen and oxygen atoms in total. The number of carbonyl (C=O) groups excluding carboxylic acids is 2. The molecule has 3 rings (SSSR count). The van der Waals surface area contributed by atoms with Gasteiger partial charge in [0.15, 0.2) is 0 Å². The van der Waals surface area contributed by atoms with E-state index in [0.29, 0.717) is 17.4 Å². The molecule has 1 aliphatic carbocycles. The van der Waals surface area contributed by atoms with Crippen molar-refractivity contribution in [1.82, 2.24) is 5.32 Å². The quantitative estimate of drug-likeness (QED) is 0.748. The van der Waals surface area contributed by atoms with E-state index in [2.05, 4.69) is 10.6 Å². The highest BCUT2D eigenvalue weighted by Gasteiger charge is 2.25. The van der Waals surface area contributed by atoms with Gasteiger partial charge in [0.05, 0.1) is 6.10 Å². The molecule has 0 aliphatic heterocycles. The van der Waals surface area contributed by atoms with E-state index in [-0.39, 0.29) is 17.7 Å². The smallest absolute Gasteiger partial charge is 0.251 e. The zero-order valence-electron chi connectivity index (χ0n) is 16.5. The molecule has 2 amide bonds. The van der Waals surface area contributed by atoms with Crippen molar-refractivity contribution in [2.24, 2.45) is 5.92 Å². The molecule has 2 aromatic carbocycles. The molecule has 2 N–H and O–H groups in total. The maximum absolute atomic E-state index is 12.7. The molecule has 0 heterocycles. The Kier molecular flexibility index (Phi) is 6.69. The zero-order chi connectivity index (χ0) is 19.9. The second-order valence-electron chi connectivity index (χ2n) is 7.60. The van der Waals surface area contributed by atoms with Crippen LogP contribution in [0.4, 0.5) is 5.69 Å². The van der Waals surface area contributed by atoms with Gasteiger partial charge in [-0.25, -0.2) is 0 Å². The molecule has 1 saturated carbocycles. The minimum Gasteiger partial charge on any atom is -0.490 e. The molecule has 0 radical (unpaired) electrons. The maximum atomic E-state index is 12.7. The van der Waals surface area contributed by atoms with Gasteiger partial charge in [-0.1, -0.05) is 32.0 Å². The Hall–Kier alpha value is -2.82. The fraction of sp³-hybridized carbons (Fsp3) is 0.391. The number of anilines is 1. The molecule has 28 heavy (non-hydrogen) atoms. The molecule has 1 fully saturated rings. The summed E-state index contributed by atoms with van der Waals surface area (Å²) in [5.74, 6) is 0.291. The van der Waals surface area contributed by atoms with Crippen LogP contribution in [0, 0.1) is 5.92 Å². The Morgan fingerprint density at radius 1 is 0.964 bits per heavy atom. The normalized spacial score (nSPS) is 15.2. The highest BCUT2D eigenvalue weighted by Crippen LogP contribution is 2.25. The van der Waals surface area contributed by atoms with Crippen LogP contribution >= 0.6 is 0 Å². The van der Waals surface area contributed by atoms with Crippen LogP contribution in [0.1, 0.15) is 49.9 Å². The van der Waals surface area contributed by atoms with E-state index >= 15 is 0 Å². The molecule has 0 saturated heterocycles. The van der Waals surface area contributed by atoms with E-state index in [1.807, 2.05) is 44.2 Å². The number of hydrogen-bond acceptors (Lipinski definition) is 3. The van der Waals surface area contributed by atoms with Crippen molar-refractivity contribution in [3.8, 4) is 5.75 Å². The number of rotatable bonds is 7. The Balaban J connectivity index is 1.59. The summed E-state index contributed by atoms with van der Waals surface area (Å²) in [6, 6.07) is 15.7. The van der Waals surface area contributed by atoms with Crippen LogP contribution in [-0.4, -0.2) is 24.0 Å². The van der Waals surface area contributed by atoms with Gasteiger partial charge >= 0.3 is 0 Å². The lowest BCUT2D eigenvalue weighted by molar-refractivity contribution is -0.118. The molecule has 2 aromatic rings. The minimum absolute atomic E-state index is 0.0439. The third kappa shape index (κ3) is 5.35. The number of ether oxygens (including phenoxy) is 1. The van der Waals surface area contributed by atoms with E-state index in [1.54, 1.807) is 24.3 Å². The summed E-state index contributed by atoms with van der Waals surface area (Å²) >= 11 is 0. The standard InChI is InChI=1S/C23H28N2O3/c1-16(2)21(25-22(26)17-8-4-3-5-9-17)23(27)24-18-12-14-20(15-13-18)28-19-10-6-7-11-19/h3-5,8-9,12-16,19,21H,6-7,10-11H2,1-2H3,(H,24,27)(H,25,26). The number of hydrogen-bond donors (Lipinski definition) is 2. The van der Waals surface area contributed by atoms with Crippen molar-refractivity contribution >= 4 is 17.5 Å². The summed E-state index contributed by atoms with van der Waals surface area (Å²) in [4.78, 5) is 25.1. The molecule has 1 unspecified atom stereocenters. The molecule has 1 atom stereocenters. The highest BCUT2D eigenvalue weighted by atomic mass is 16.5. The van der Waals surface area contributed by atoms with E-state index in [0.717, 1.165) is 18.6 Å². The average Bonchev–Trinajstić information content (AvgIpc) is 3.21. The first-order valence-corrected chi connectivity index (χ1v) is 9.96. The zero-order valence-corrected chi connectivity index (χ0v) is 16.5. The van der Waals surface area contributed by atoms with E-state index < -0.39 is 6.04 Å². The van der Waals surface area contributed by atoms with Crippen molar-refractivity contribution < 1.29 is 14.3 Å². The van der Waals surface area contributed by atoms with Crippen LogP contribution in [0.2, 0.25) is 0 Å². The van der Waals surface area contributed by atoms with Gasteiger partial charge in [0.2, 0.25) is 5.91 Å². The molecule has 0 aromatic heterocycles. The van der Waals surface area contributed by atoms with Gasteiger partial charge in [-0.2, -0.15) is 0 Å². The Bertz CT molecular complexity index is 781. The molecular weight excluding hydrogens is 352 g/mol. The molecule has 0 spiro atoms. The summed E-state index contributed by atoms with van der Waals surface area (Å²) < 4.78 is 5.95. The average molecular weight is 380 g/mol. The lowest BCUT2D eigenvalue weighted by atomic mass is 10.0. The lowest BCUT2D eigenvalue weighted by Crippen LogP contribution is -2.47. The van der Waals surface area contributed by atoms with Crippen LogP contribution in [0.3, 0.4) is 0 Å². The van der Waals surface area contributed by atoms with Crippen molar-refractivity contribution in [3.63, 3.8) is 0 Å². The fourth-order valence-corrected chi connectivity index (χ4v) is 3.38. The molecular formula is C23H28N2O3. The van der Waals surface area contributed by atoms with Gasteiger partial charge in [-0.3, -0.25) is 9.59 Å². The van der Waals surface area contributed by atoms with Crippen molar-refractivity contribution in [3.05, 3.63) is 60.2 Å². The SMILES string of the molecule is CC(C)C(NC(=O)c1ccccc1)C(=O)Nc1ccc(OC2CCCC2)cc1. The van der Waals surface area contributed by atoms with Gasteiger partial charge in [0, 0.05) is 11.3 Å². The van der Waals surface area contributed by atoms with Crippen molar-refractivity contribution in [2.75, 3.05) is 5.32 Å². The molecule has 1 aliphatic rings. The van der Waals surface area contributed by atoms with Crippen LogP contribution in [0.15, 0.2) is 54.6 Å². The van der Waals surface area contributed by atoms with Gasteiger partial charge in [0.1, 0.15) is 11.8 Å². The van der Waals surface area contributed by atoms with Crippen molar-refractivity contribution in [2.45, 2.75) is 51.7 Å². The Morgan fingerprint density at radius 2 is 1.61 bits per heavy atom. The highest BCUT2D eigenvalue weighted by molar-refractivity contribution is 6.01. The monoisotopic (exact) mass is 380 g/mol. The lowest BCUT2D eigenvalue weighted by Gasteiger charge is -2.22. The Labute approximate surface area is 166 Å². The summed E-state index contributed by atoms with van der Waals surface area (Å²) in [5.41, 5.74) is 1.22. The molecule has 5 heteroatoms. The third-order valence-corrected chi connectivity index (χ3v) is 5.00. The van der Waals surface area contributed by atoms with E-state index in [4.69, 9.17) is 4.74 Å². The second-order valence-corrected chi connectivity index (χ2v) is 7.60. The summed E-state index contributed by atoms with van der Waals surface area (Å²) in [5, 5.41) is 5.73. The Morgan fingerprint density at radius 3 is 2.21 bits per heavy atom. The predicted octanol–water partition coefficient (Wildman–Crippen LogP) is 4.40. The van der Waals surface area contributed by atoms with Crippen molar-refractivity contribution in [1.29, 1.82) is 0 Å². The minimum atomic E-state index is -0.623. The number of benzene rings is 2. The summed E-state index contributed by atoms with van der Waals surface area (Å²) in [6.07, 6.45) is 4.97. The molecule has 0 bridgehead atoms. The van der Waals surface area contributed by atoms with Crippen LogP contribution in [0.5, 0.6) is 5.75 Å². The van der Waals surface area contributed by atoms with Gasteiger partial charge in [0.25, 0.3) is 5.91 Å². The maximum Gasteiger partial charge on any atom is 0.251 e.